The Morgan fingerprint density at radius 3 is 2.32 bits per heavy atom. The van der Waals surface area contributed by atoms with Crippen LogP contribution in [0, 0.1) is 5.92 Å². The van der Waals surface area contributed by atoms with Crippen molar-refractivity contribution < 1.29 is 19.6 Å². The number of nitrogens with one attached hydrogen (secondary N) is 3. The number of benzene rings is 1. The van der Waals surface area contributed by atoms with E-state index in [-0.39, 0.29) is 12.3 Å². The van der Waals surface area contributed by atoms with Crippen LogP contribution in [0.15, 0.2) is 30.3 Å². The van der Waals surface area contributed by atoms with Crippen molar-refractivity contribution in [2.75, 3.05) is 7.05 Å². The van der Waals surface area contributed by atoms with Gasteiger partial charge in [0, 0.05) is 25.8 Å². The van der Waals surface area contributed by atoms with E-state index >= 15 is 0 Å². The first-order valence-corrected chi connectivity index (χ1v) is 6.96. The fourth-order valence-electron chi connectivity index (χ4n) is 1.96. The van der Waals surface area contributed by atoms with Crippen molar-refractivity contribution in [3.63, 3.8) is 0 Å². The molecule has 0 aliphatic heterocycles. The number of hydrogen-bond donors (Lipinski definition) is 4. The summed E-state index contributed by atoms with van der Waals surface area (Å²) < 4.78 is 0. The van der Waals surface area contributed by atoms with Gasteiger partial charge < -0.3 is 10.6 Å². The Bertz CT molecular complexity index is 519. The van der Waals surface area contributed by atoms with Crippen LogP contribution in [0.1, 0.15) is 18.9 Å². The molecule has 1 aromatic rings. The molecule has 1 rings (SSSR count). The number of rotatable bonds is 7. The maximum Gasteiger partial charge on any atom is 0.244 e. The Morgan fingerprint density at radius 2 is 1.77 bits per heavy atom. The highest BCUT2D eigenvalue weighted by Crippen LogP contribution is 2.06. The molecular weight excluding hydrogens is 286 g/mol. The van der Waals surface area contributed by atoms with Gasteiger partial charge in [0.2, 0.25) is 17.7 Å². The molecule has 0 bridgehead atoms. The van der Waals surface area contributed by atoms with Gasteiger partial charge >= 0.3 is 0 Å². The Balaban J connectivity index is 2.70. The van der Waals surface area contributed by atoms with Gasteiger partial charge in [0.05, 0.1) is 0 Å². The number of likely N-dealkylation sites (N-methyl/N-ethyl adjacent to an activating group) is 1. The van der Waals surface area contributed by atoms with E-state index < -0.39 is 23.8 Å². The second-order valence-electron chi connectivity index (χ2n) is 5.01. The van der Waals surface area contributed by atoms with Gasteiger partial charge in [-0.05, 0) is 5.56 Å². The quantitative estimate of drug-likeness (QED) is 0.420. The smallest absolute Gasteiger partial charge is 0.244 e. The van der Waals surface area contributed by atoms with Crippen LogP contribution < -0.4 is 16.1 Å². The number of amides is 3. The molecule has 7 heteroatoms. The predicted octanol–water partition coefficient (Wildman–Crippen LogP) is -0.00850. The number of hydrogen-bond acceptors (Lipinski definition) is 4. The zero-order chi connectivity index (χ0) is 16.5. The summed E-state index contributed by atoms with van der Waals surface area (Å²) in [6, 6.07) is 8.58. The van der Waals surface area contributed by atoms with Crippen molar-refractivity contribution in [2.45, 2.75) is 25.8 Å². The molecule has 1 aromatic carbocycles. The van der Waals surface area contributed by atoms with Crippen molar-refractivity contribution in [3.8, 4) is 0 Å². The summed E-state index contributed by atoms with van der Waals surface area (Å²) in [6.07, 6.45) is 0.194. The van der Waals surface area contributed by atoms with Crippen molar-refractivity contribution >= 4 is 17.7 Å². The lowest BCUT2D eigenvalue weighted by atomic mass is 10.0. The number of carbonyl (C=O) groups excluding carboxylic acids is 3. The van der Waals surface area contributed by atoms with Crippen LogP contribution in [0.2, 0.25) is 0 Å². The molecule has 0 saturated heterocycles. The van der Waals surface area contributed by atoms with Gasteiger partial charge in [-0.3, -0.25) is 19.6 Å². The van der Waals surface area contributed by atoms with Gasteiger partial charge in [-0.1, -0.05) is 37.3 Å². The summed E-state index contributed by atoms with van der Waals surface area (Å²) in [6.45, 7) is 1.55. The van der Waals surface area contributed by atoms with Gasteiger partial charge in [0.15, 0.2) is 0 Å². The highest BCUT2D eigenvalue weighted by molar-refractivity contribution is 5.90. The van der Waals surface area contributed by atoms with Crippen molar-refractivity contribution in [2.24, 2.45) is 5.92 Å². The van der Waals surface area contributed by atoms with E-state index in [0.29, 0.717) is 6.42 Å². The van der Waals surface area contributed by atoms with Crippen LogP contribution in [-0.2, 0) is 20.8 Å². The lowest BCUT2D eigenvalue weighted by molar-refractivity contribution is -0.135. The third-order valence-electron chi connectivity index (χ3n) is 3.23. The zero-order valence-electron chi connectivity index (χ0n) is 12.6. The first kappa shape index (κ1) is 17.6. The Hall–Kier alpha value is -2.41. The number of carbonyl (C=O) groups is 3. The summed E-state index contributed by atoms with van der Waals surface area (Å²) in [4.78, 5) is 35.0. The zero-order valence-corrected chi connectivity index (χ0v) is 12.6. The first-order chi connectivity index (χ1) is 10.5. The second-order valence-corrected chi connectivity index (χ2v) is 5.01. The molecule has 0 aromatic heterocycles. The predicted molar refractivity (Wildman–Crippen MR) is 79.9 cm³/mol. The SMILES string of the molecule is CNC(=O)C(Cc1ccccc1)NC(=O)[C@H](C)CC(=O)NO. The third-order valence-corrected chi connectivity index (χ3v) is 3.23. The molecule has 0 saturated carbocycles. The Morgan fingerprint density at radius 1 is 1.14 bits per heavy atom. The van der Waals surface area contributed by atoms with E-state index in [9.17, 15) is 14.4 Å². The highest BCUT2D eigenvalue weighted by Gasteiger charge is 2.24. The molecule has 4 N–H and O–H groups in total. The van der Waals surface area contributed by atoms with E-state index in [4.69, 9.17) is 5.21 Å². The van der Waals surface area contributed by atoms with E-state index in [0.717, 1.165) is 5.56 Å². The van der Waals surface area contributed by atoms with E-state index in [1.165, 1.54) is 12.5 Å². The molecule has 0 heterocycles. The van der Waals surface area contributed by atoms with Gasteiger partial charge in [0.1, 0.15) is 6.04 Å². The van der Waals surface area contributed by atoms with Gasteiger partial charge in [-0.15, -0.1) is 0 Å². The standard InChI is InChI=1S/C15H21N3O4/c1-10(8-13(19)18-22)14(20)17-12(15(21)16-2)9-11-6-4-3-5-7-11/h3-7,10,12,22H,8-9H2,1-2H3,(H,16,21)(H,17,20)(H,18,19)/t10-,12?/m1/s1. The van der Waals surface area contributed by atoms with Crippen molar-refractivity contribution in [1.29, 1.82) is 0 Å². The summed E-state index contributed by atoms with van der Waals surface area (Å²) in [7, 11) is 1.50. The van der Waals surface area contributed by atoms with E-state index in [1.54, 1.807) is 6.92 Å². The van der Waals surface area contributed by atoms with Crippen LogP contribution in [0.4, 0.5) is 0 Å². The van der Waals surface area contributed by atoms with Gasteiger partial charge in [-0.25, -0.2) is 5.48 Å². The lowest BCUT2D eigenvalue weighted by Gasteiger charge is -2.19. The van der Waals surface area contributed by atoms with Crippen molar-refractivity contribution in [3.05, 3.63) is 35.9 Å². The van der Waals surface area contributed by atoms with Gasteiger partial charge in [0.25, 0.3) is 0 Å². The van der Waals surface area contributed by atoms with E-state index in [2.05, 4.69) is 10.6 Å². The Labute approximate surface area is 129 Å². The molecule has 0 radical (unpaired) electrons. The lowest BCUT2D eigenvalue weighted by Crippen LogP contribution is -2.48. The molecule has 7 nitrogen and oxygen atoms in total. The maximum atomic E-state index is 12.1. The monoisotopic (exact) mass is 307 g/mol. The van der Waals surface area contributed by atoms with Crippen molar-refractivity contribution in [1.82, 2.24) is 16.1 Å². The fourth-order valence-corrected chi connectivity index (χ4v) is 1.96. The molecule has 22 heavy (non-hydrogen) atoms. The minimum absolute atomic E-state index is 0.159. The molecule has 0 aliphatic carbocycles. The summed E-state index contributed by atoms with van der Waals surface area (Å²) in [5.41, 5.74) is 2.39. The second kappa shape index (κ2) is 8.78. The summed E-state index contributed by atoms with van der Waals surface area (Å²) >= 11 is 0. The largest absolute Gasteiger partial charge is 0.357 e. The van der Waals surface area contributed by atoms with Crippen LogP contribution in [0.3, 0.4) is 0 Å². The normalized spacial score (nSPS) is 12.9. The molecule has 2 atom stereocenters. The first-order valence-electron chi connectivity index (χ1n) is 6.96. The van der Waals surface area contributed by atoms with Crippen LogP contribution in [0.25, 0.3) is 0 Å². The molecule has 120 valence electrons. The number of hydroxylamine groups is 1. The fraction of sp³-hybridized carbons (Fsp3) is 0.400. The molecule has 0 aliphatic rings. The van der Waals surface area contributed by atoms with Crippen LogP contribution >= 0.6 is 0 Å². The van der Waals surface area contributed by atoms with Crippen LogP contribution in [-0.4, -0.2) is 36.0 Å². The summed E-state index contributed by atoms with van der Waals surface area (Å²) in [5.74, 6) is -2.04. The Kier molecular flexibility index (Phi) is 7.04. The topological polar surface area (TPSA) is 108 Å². The molecular formula is C15H21N3O4. The van der Waals surface area contributed by atoms with Gasteiger partial charge in [-0.2, -0.15) is 0 Å². The molecule has 3 amide bonds. The molecule has 0 spiro atoms. The van der Waals surface area contributed by atoms with Crippen LogP contribution in [0.5, 0.6) is 0 Å². The average molecular weight is 307 g/mol. The molecule has 0 fully saturated rings. The highest BCUT2D eigenvalue weighted by atomic mass is 16.5. The average Bonchev–Trinajstić information content (AvgIpc) is 2.54. The third kappa shape index (κ3) is 5.53. The maximum absolute atomic E-state index is 12.1. The van der Waals surface area contributed by atoms with E-state index in [1.807, 2.05) is 30.3 Å². The minimum Gasteiger partial charge on any atom is -0.357 e. The minimum atomic E-state index is -0.723. The summed E-state index contributed by atoms with van der Waals surface area (Å²) in [5, 5.41) is 13.6. The molecule has 1 unspecified atom stereocenters.